The first kappa shape index (κ1) is 12.4. The van der Waals surface area contributed by atoms with Gasteiger partial charge in [-0.2, -0.15) is 0 Å². The Balaban J connectivity index is 2.19. The predicted octanol–water partition coefficient (Wildman–Crippen LogP) is 0.663. The highest BCUT2D eigenvalue weighted by molar-refractivity contribution is 5.97. The molecule has 0 spiro atoms. The Hall–Kier alpha value is -2.04. The second-order valence-corrected chi connectivity index (χ2v) is 4.41. The Morgan fingerprint density at radius 1 is 1.39 bits per heavy atom. The number of carbonyl (C=O) groups excluding carboxylic acids is 2. The van der Waals surface area contributed by atoms with Crippen molar-refractivity contribution in [1.82, 2.24) is 10.2 Å². The van der Waals surface area contributed by atoms with Gasteiger partial charge in [0.1, 0.15) is 5.75 Å². The summed E-state index contributed by atoms with van der Waals surface area (Å²) in [6.45, 7) is 3.18. The number of hydrogen-bond donors (Lipinski definition) is 2. The first-order valence-electron chi connectivity index (χ1n) is 5.93. The van der Waals surface area contributed by atoms with Crippen LogP contribution < -0.4 is 5.32 Å². The van der Waals surface area contributed by atoms with E-state index in [4.69, 9.17) is 0 Å². The van der Waals surface area contributed by atoms with Crippen molar-refractivity contribution in [2.24, 2.45) is 0 Å². The number of amides is 2. The van der Waals surface area contributed by atoms with Crippen molar-refractivity contribution >= 4 is 11.8 Å². The van der Waals surface area contributed by atoms with Gasteiger partial charge in [0.25, 0.3) is 5.91 Å². The highest BCUT2D eigenvalue weighted by Crippen LogP contribution is 2.20. The number of aromatic hydroxyl groups is 1. The Morgan fingerprint density at radius 2 is 2.17 bits per heavy atom. The molecule has 96 valence electrons. The van der Waals surface area contributed by atoms with Gasteiger partial charge in [0.05, 0.1) is 5.56 Å². The molecule has 5 heteroatoms. The fourth-order valence-corrected chi connectivity index (χ4v) is 1.96. The van der Waals surface area contributed by atoms with Crippen molar-refractivity contribution in [2.75, 3.05) is 19.6 Å². The number of phenols is 1. The molecule has 1 aliphatic rings. The molecule has 0 bridgehead atoms. The second kappa shape index (κ2) is 5.08. The molecule has 0 aliphatic carbocycles. The lowest BCUT2D eigenvalue weighted by Crippen LogP contribution is -2.34. The van der Waals surface area contributed by atoms with Crippen LogP contribution in [0.25, 0.3) is 0 Å². The molecular weight excluding hydrogens is 232 g/mol. The minimum Gasteiger partial charge on any atom is -0.507 e. The molecule has 0 saturated carbocycles. The molecule has 0 radical (unpaired) electrons. The maximum absolute atomic E-state index is 12.3. The molecule has 1 aromatic rings. The third-order valence-electron chi connectivity index (χ3n) is 2.98. The molecule has 1 heterocycles. The van der Waals surface area contributed by atoms with Crippen molar-refractivity contribution in [3.8, 4) is 5.75 Å². The Labute approximate surface area is 105 Å². The first-order valence-corrected chi connectivity index (χ1v) is 5.93. The highest BCUT2D eigenvalue weighted by Gasteiger charge is 2.21. The van der Waals surface area contributed by atoms with Crippen molar-refractivity contribution in [3.05, 3.63) is 29.3 Å². The van der Waals surface area contributed by atoms with Gasteiger partial charge in [0, 0.05) is 26.1 Å². The molecule has 0 unspecified atom stereocenters. The fourth-order valence-electron chi connectivity index (χ4n) is 1.96. The zero-order valence-corrected chi connectivity index (χ0v) is 10.3. The van der Waals surface area contributed by atoms with Gasteiger partial charge in [0.15, 0.2) is 0 Å². The Bertz CT molecular complexity index is 485. The quantitative estimate of drug-likeness (QED) is 0.767. The molecule has 1 aromatic carbocycles. The minimum absolute atomic E-state index is 0.0193. The molecule has 2 rings (SSSR count). The van der Waals surface area contributed by atoms with Gasteiger partial charge in [-0.15, -0.1) is 0 Å². The van der Waals surface area contributed by atoms with E-state index in [0.29, 0.717) is 31.6 Å². The average Bonchev–Trinajstić information content (AvgIpc) is 2.56. The molecule has 0 atom stereocenters. The van der Waals surface area contributed by atoms with Gasteiger partial charge >= 0.3 is 0 Å². The van der Waals surface area contributed by atoms with Crippen LogP contribution in [0.15, 0.2) is 18.2 Å². The lowest BCUT2D eigenvalue weighted by Gasteiger charge is -2.20. The lowest BCUT2D eigenvalue weighted by atomic mass is 10.1. The Kier molecular flexibility index (Phi) is 3.50. The summed E-state index contributed by atoms with van der Waals surface area (Å²) in [4.78, 5) is 25.1. The number of hydrogen-bond acceptors (Lipinski definition) is 3. The van der Waals surface area contributed by atoms with Crippen LogP contribution in [0.3, 0.4) is 0 Å². The monoisotopic (exact) mass is 248 g/mol. The number of carbonyl (C=O) groups is 2. The molecule has 2 N–H and O–H groups in total. The van der Waals surface area contributed by atoms with E-state index in [9.17, 15) is 14.7 Å². The summed E-state index contributed by atoms with van der Waals surface area (Å²) in [7, 11) is 0. The van der Waals surface area contributed by atoms with E-state index >= 15 is 0 Å². The summed E-state index contributed by atoms with van der Waals surface area (Å²) >= 11 is 0. The Morgan fingerprint density at radius 3 is 2.94 bits per heavy atom. The first-order chi connectivity index (χ1) is 8.58. The summed E-state index contributed by atoms with van der Waals surface area (Å²) in [6, 6.07) is 4.93. The maximum Gasteiger partial charge on any atom is 0.257 e. The van der Waals surface area contributed by atoms with Crippen molar-refractivity contribution in [2.45, 2.75) is 13.3 Å². The van der Waals surface area contributed by atoms with Gasteiger partial charge in [-0.1, -0.05) is 11.6 Å². The summed E-state index contributed by atoms with van der Waals surface area (Å²) in [5, 5.41) is 12.4. The smallest absolute Gasteiger partial charge is 0.257 e. The number of benzene rings is 1. The van der Waals surface area contributed by atoms with Crippen LogP contribution in [0.5, 0.6) is 5.75 Å². The minimum atomic E-state index is -0.229. The normalized spacial score (nSPS) is 16.1. The van der Waals surface area contributed by atoms with E-state index in [1.807, 2.05) is 6.92 Å². The van der Waals surface area contributed by atoms with Crippen LogP contribution in [0.2, 0.25) is 0 Å². The van der Waals surface area contributed by atoms with Crippen LogP contribution in [0, 0.1) is 6.92 Å². The van der Waals surface area contributed by atoms with Crippen LogP contribution in [0.4, 0.5) is 0 Å². The van der Waals surface area contributed by atoms with E-state index in [0.717, 1.165) is 5.56 Å². The number of phenolic OH excluding ortho intramolecular Hbond substituents is 1. The van der Waals surface area contributed by atoms with E-state index < -0.39 is 0 Å². The molecule has 2 amide bonds. The van der Waals surface area contributed by atoms with Crippen LogP contribution >= 0.6 is 0 Å². The summed E-state index contributed by atoms with van der Waals surface area (Å²) in [5.74, 6) is -0.291. The van der Waals surface area contributed by atoms with Crippen LogP contribution in [-0.4, -0.2) is 41.5 Å². The van der Waals surface area contributed by atoms with Crippen LogP contribution in [-0.2, 0) is 4.79 Å². The van der Waals surface area contributed by atoms with Gasteiger partial charge < -0.3 is 15.3 Å². The third-order valence-corrected chi connectivity index (χ3v) is 2.98. The van der Waals surface area contributed by atoms with Gasteiger partial charge in [-0.3, -0.25) is 9.59 Å². The second-order valence-electron chi connectivity index (χ2n) is 4.41. The molecule has 1 saturated heterocycles. The SMILES string of the molecule is Cc1ccc(O)c(C(=O)N2CCNC(=O)CC2)c1. The predicted molar refractivity (Wildman–Crippen MR) is 66.4 cm³/mol. The standard InChI is InChI=1S/C13H16N2O3/c1-9-2-3-11(16)10(8-9)13(18)15-6-4-12(17)14-5-7-15/h2-3,8,16H,4-7H2,1H3,(H,14,17). The molecule has 18 heavy (non-hydrogen) atoms. The molecule has 1 fully saturated rings. The van der Waals surface area contributed by atoms with E-state index in [1.165, 1.54) is 6.07 Å². The van der Waals surface area contributed by atoms with E-state index in [1.54, 1.807) is 17.0 Å². The number of rotatable bonds is 1. The molecule has 1 aliphatic heterocycles. The number of aryl methyl sites for hydroxylation is 1. The van der Waals surface area contributed by atoms with Gasteiger partial charge in [0.2, 0.25) is 5.91 Å². The number of nitrogens with zero attached hydrogens (tertiary/aromatic N) is 1. The van der Waals surface area contributed by atoms with Crippen LogP contribution in [0.1, 0.15) is 22.3 Å². The molecular formula is C13H16N2O3. The van der Waals surface area contributed by atoms with Gasteiger partial charge in [-0.05, 0) is 19.1 Å². The number of nitrogens with one attached hydrogen (secondary N) is 1. The molecule has 0 aromatic heterocycles. The van der Waals surface area contributed by atoms with E-state index in [-0.39, 0.29) is 17.6 Å². The summed E-state index contributed by atoms with van der Waals surface area (Å²) in [5.41, 5.74) is 1.21. The maximum atomic E-state index is 12.3. The van der Waals surface area contributed by atoms with Gasteiger partial charge in [-0.25, -0.2) is 0 Å². The summed E-state index contributed by atoms with van der Waals surface area (Å²) in [6.07, 6.45) is 0.304. The molecule has 5 nitrogen and oxygen atoms in total. The van der Waals surface area contributed by atoms with Crippen molar-refractivity contribution < 1.29 is 14.7 Å². The highest BCUT2D eigenvalue weighted by atomic mass is 16.3. The average molecular weight is 248 g/mol. The summed E-state index contributed by atoms with van der Waals surface area (Å²) < 4.78 is 0. The van der Waals surface area contributed by atoms with E-state index in [2.05, 4.69) is 5.32 Å². The van der Waals surface area contributed by atoms with Crippen molar-refractivity contribution in [3.63, 3.8) is 0 Å². The fraction of sp³-hybridized carbons (Fsp3) is 0.385. The zero-order valence-electron chi connectivity index (χ0n) is 10.3. The zero-order chi connectivity index (χ0) is 13.1. The lowest BCUT2D eigenvalue weighted by molar-refractivity contribution is -0.120. The van der Waals surface area contributed by atoms with Crippen molar-refractivity contribution in [1.29, 1.82) is 0 Å². The third kappa shape index (κ3) is 2.61. The largest absolute Gasteiger partial charge is 0.507 e. The topological polar surface area (TPSA) is 69.6 Å².